The molecule has 0 aliphatic heterocycles. The average molecular weight is 231 g/mol. The molecule has 7 heteroatoms. The Bertz CT molecular complexity index is 361. The van der Waals surface area contributed by atoms with Crippen molar-refractivity contribution < 1.29 is 26.9 Å². The van der Waals surface area contributed by atoms with Crippen LogP contribution in [0.2, 0.25) is 0 Å². The van der Waals surface area contributed by atoms with E-state index in [0.717, 1.165) is 0 Å². The van der Waals surface area contributed by atoms with Crippen LogP contribution >= 0.6 is 0 Å². The molecule has 1 aromatic rings. The first kappa shape index (κ1) is 13.2. The molecule has 0 aliphatic rings. The molecule has 0 radical (unpaired) electrons. The molecule has 1 rings (SSSR count). The van der Waals surface area contributed by atoms with Crippen LogP contribution in [0.4, 0.5) is 4.79 Å². The van der Waals surface area contributed by atoms with Gasteiger partial charge in [0.15, 0.2) is 11.9 Å². The highest BCUT2D eigenvalue weighted by Gasteiger charge is 2.08. The van der Waals surface area contributed by atoms with Crippen LogP contribution in [0.5, 0.6) is 5.75 Å². The van der Waals surface area contributed by atoms with Gasteiger partial charge in [-0.3, -0.25) is 0 Å². The molecule has 4 N–H and O–H groups in total. The number of rotatable bonds is 2. The predicted molar refractivity (Wildman–Crippen MR) is 49.6 cm³/mol. The van der Waals surface area contributed by atoms with Crippen LogP contribution in [0.3, 0.4) is 0 Å². The largest absolute Gasteiger partial charge is 1.00 e. The minimum Gasteiger partial charge on any atom is -1.00 e. The van der Waals surface area contributed by atoms with Crippen LogP contribution in [0.1, 0.15) is 5.69 Å². The smallest absolute Gasteiger partial charge is 0.332 e. The number of primary amides is 1. The third-order valence-corrected chi connectivity index (χ3v) is 1.57. The SMILES string of the molecule is C[n+]1cccc(O)c1/C=N/NC(N)=O.[Cl-]. The summed E-state index contributed by atoms with van der Waals surface area (Å²) in [6.07, 6.45) is 3.05. The Morgan fingerprint density at radius 2 is 2.40 bits per heavy atom. The van der Waals surface area contributed by atoms with Crippen molar-refractivity contribution in [3.63, 3.8) is 0 Å². The molecule has 1 heterocycles. The summed E-state index contributed by atoms with van der Waals surface area (Å²) < 4.78 is 1.65. The van der Waals surface area contributed by atoms with Gasteiger partial charge in [-0.1, -0.05) is 0 Å². The molecule has 1 aromatic heterocycles. The molecule has 0 saturated carbocycles. The summed E-state index contributed by atoms with van der Waals surface area (Å²) in [6.45, 7) is 0. The highest BCUT2D eigenvalue weighted by Crippen LogP contribution is 2.07. The monoisotopic (exact) mass is 230 g/mol. The number of halogens is 1. The summed E-state index contributed by atoms with van der Waals surface area (Å²) in [5, 5.41) is 12.9. The number of amides is 2. The first-order valence-corrected chi connectivity index (χ1v) is 3.87. The lowest BCUT2D eigenvalue weighted by Gasteiger charge is -1.95. The third-order valence-electron chi connectivity index (χ3n) is 1.57. The van der Waals surface area contributed by atoms with Crippen LogP contribution in [0.25, 0.3) is 0 Å². The summed E-state index contributed by atoms with van der Waals surface area (Å²) in [5.41, 5.74) is 7.31. The number of aryl methyl sites for hydroxylation is 1. The molecule has 0 unspecified atom stereocenters. The number of hydrogen-bond acceptors (Lipinski definition) is 3. The van der Waals surface area contributed by atoms with Crippen molar-refractivity contribution in [1.29, 1.82) is 0 Å². The van der Waals surface area contributed by atoms with Crippen molar-refractivity contribution in [3.05, 3.63) is 24.0 Å². The number of hydrazone groups is 1. The molecule has 2 amide bonds. The fourth-order valence-corrected chi connectivity index (χ4v) is 0.924. The van der Waals surface area contributed by atoms with Crippen LogP contribution in [-0.4, -0.2) is 17.4 Å². The average Bonchev–Trinajstić information content (AvgIpc) is 2.09. The molecule has 0 atom stereocenters. The third kappa shape index (κ3) is 3.82. The number of nitrogens with two attached hydrogens (primary N) is 1. The van der Waals surface area contributed by atoms with Crippen LogP contribution in [0.15, 0.2) is 23.4 Å². The number of aromatic hydroxyl groups is 1. The van der Waals surface area contributed by atoms with Crippen molar-refractivity contribution in [2.24, 2.45) is 17.9 Å². The van der Waals surface area contributed by atoms with Crippen molar-refractivity contribution in [3.8, 4) is 5.75 Å². The lowest BCUT2D eigenvalue weighted by Crippen LogP contribution is -3.00. The number of urea groups is 1. The Kier molecular flexibility index (Phi) is 5.11. The van der Waals surface area contributed by atoms with E-state index in [9.17, 15) is 9.90 Å². The Morgan fingerprint density at radius 3 is 2.93 bits per heavy atom. The predicted octanol–water partition coefficient (Wildman–Crippen LogP) is -3.78. The molecule has 0 spiro atoms. The minimum atomic E-state index is -0.751. The summed E-state index contributed by atoms with van der Waals surface area (Å²) in [4.78, 5) is 10.3. The number of nitrogens with one attached hydrogen (secondary N) is 1. The fourth-order valence-electron chi connectivity index (χ4n) is 0.924. The second-order valence-corrected chi connectivity index (χ2v) is 2.62. The van der Waals surface area contributed by atoms with E-state index in [1.807, 2.05) is 5.43 Å². The van der Waals surface area contributed by atoms with Crippen molar-refractivity contribution in [2.45, 2.75) is 0 Å². The standard InChI is InChI=1S/C8H10N4O2.ClH/c1-12-4-2-3-7(13)6(12)5-10-11-8(9)14;/h2-5H,1H3,(H3,9,13,14);1H. The Morgan fingerprint density at radius 1 is 1.73 bits per heavy atom. The number of aromatic nitrogens is 1. The normalized spacial score (nSPS) is 9.67. The van der Waals surface area contributed by atoms with Crippen LogP contribution in [-0.2, 0) is 7.05 Å². The van der Waals surface area contributed by atoms with Crippen molar-refractivity contribution >= 4 is 12.2 Å². The second kappa shape index (κ2) is 5.82. The van der Waals surface area contributed by atoms with E-state index >= 15 is 0 Å². The van der Waals surface area contributed by atoms with Crippen LogP contribution in [0, 0.1) is 0 Å². The fraction of sp³-hybridized carbons (Fsp3) is 0.125. The van der Waals surface area contributed by atoms with Gasteiger partial charge >= 0.3 is 6.03 Å². The Hall–Kier alpha value is -1.82. The van der Waals surface area contributed by atoms with E-state index in [1.54, 1.807) is 23.9 Å². The number of hydrogen-bond donors (Lipinski definition) is 3. The second-order valence-electron chi connectivity index (χ2n) is 2.62. The van der Waals surface area contributed by atoms with Gasteiger partial charge in [-0.2, -0.15) is 9.67 Å². The zero-order valence-electron chi connectivity index (χ0n) is 8.01. The maximum atomic E-state index is 10.3. The molecule has 0 aromatic carbocycles. The molecule has 0 bridgehead atoms. The van der Waals surface area contributed by atoms with Gasteiger partial charge in [0.1, 0.15) is 13.3 Å². The molecule has 0 aliphatic carbocycles. The molecule has 6 nitrogen and oxygen atoms in total. The topological polar surface area (TPSA) is 91.6 Å². The van der Waals surface area contributed by atoms with E-state index in [0.29, 0.717) is 5.69 Å². The zero-order chi connectivity index (χ0) is 10.6. The van der Waals surface area contributed by atoms with Gasteiger partial charge in [-0.05, 0) is 6.07 Å². The van der Waals surface area contributed by atoms with Gasteiger partial charge in [-0.25, -0.2) is 10.2 Å². The number of carbonyl (C=O) groups excluding carboxylic acids is 1. The molecular weight excluding hydrogens is 220 g/mol. The van der Waals surface area contributed by atoms with Crippen molar-refractivity contribution in [1.82, 2.24) is 5.43 Å². The molecular formula is C8H11ClN4O2. The summed E-state index contributed by atoms with van der Waals surface area (Å²) in [5.74, 6) is 0.0741. The highest BCUT2D eigenvalue weighted by molar-refractivity contribution is 5.80. The molecule has 15 heavy (non-hydrogen) atoms. The Balaban J connectivity index is 0.00000196. The maximum Gasteiger partial charge on any atom is 0.332 e. The molecule has 82 valence electrons. The molecule has 0 saturated heterocycles. The first-order chi connectivity index (χ1) is 6.61. The van der Waals surface area contributed by atoms with Gasteiger partial charge in [0.2, 0.25) is 0 Å². The number of carbonyl (C=O) groups is 1. The highest BCUT2D eigenvalue weighted by atomic mass is 35.5. The van der Waals surface area contributed by atoms with Crippen molar-refractivity contribution in [2.75, 3.05) is 0 Å². The van der Waals surface area contributed by atoms with E-state index in [4.69, 9.17) is 5.73 Å². The Labute approximate surface area is 92.8 Å². The van der Waals surface area contributed by atoms with Gasteiger partial charge < -0.3 is 23.2 Å². The van der Waals surface area contributed by atoms with E-state index < -0.39 is 6.03 Å². The van der Waals surface area contributed by atoms with Crippen LogP contribution < -0.4 is 28.1 Å². The number of pyridine rings is 1. The van der Waals surface area contributed by atoms with Gasteiger partial charge in [0, 0.05) is 6.07 Å². The zero-order valence-corrected chi connectivity index (χ0v) is 8.77. The minimum absolute atomic E-state index is 0. The quantitative estimate of drug-likeness (QED) is 0.277. The van der Waals surface area contributed by atoms with E-state index in [-0.39, 0.29) is 18.2 Å². The molecule has 0 fully saturated rings. The van der Waals surface area contributed by atoms with Gasteiger partial charge in [0.05, 0.1) is 0 Å². The van der Waals surface area contributed by atoms with E-state index in [2.05, 4.69) is 5.10 Å². The summed E-state index contributed by atoms with van der Waals surface area (Å²) >= 11 is 0. The number of nitrogens with zero attached hydrogens (tertiary/aromatic N) is 2. The summed E-state index contributed by atoms with van der Waals surface area (Å²) in [6, 6.07) is 2.46. The maximum absolute atomic E-state index is 10.3. The van der Waals surface area contributed by atoms with Gasteiger partial charge in [0.25, 0.3) is 5.69 Å². The first-order valence-electron chi connectivity index (χ1n) is 3.87. The lowest BCUT2D eigenvalue weighted by atomic mass is 10.3. The summed E-state index contributed by atoms with van der Waals surface area (Å²) in [7, 11) is 1.74. The van der Waals surface area contributed by atoms with Gasteiger partial charge in [-0.15, -0.1) is 0 Å². The lowest BCUT2D eigenvalue weighted by molar-refractivity contribution is -0.672. The van der Waals surface area contributed by atoms with E-state index in [1.165, 1.54) is 12.3 Å².